The number of carbonyl (C=O) groups excluding carboxylic acids is 2. The number of carbonyl (C=O) groups is 2. The number of para-hydroxylation sites is 1. The third-order valence-electron chi connectivity index (χ3n) is 3.91. The van der Waals surface area contributed by atoms with Gasteiger partial charge in [-0.15, -0.1) is 0 Å². The zero-order chi connectivity index (χ0) is 19.6. The van der Waals surface area contributed by atoms with Gasteiger partial charge in [-0.2, -0.15) is 0 Å². The lowest BCUT2D eigenvalue weighted by atomic mass is 10.1. The van der Waals surface area contributed by atoms with Gasteiger partial charge in [0, 0.05) is 6.54 Å². The average Bonchev–Trinajstić information content (AvgIpc) is 2.65. The number of amides is 2. The second-order valence-electron chi connectivity index (χ2n) is 6.22. The molecule has 0 bridgehead atoms. The molecule has 0 radical (unpaired) electrons. The molecule has 2 rings (SSSR count). The molecule has 7 heteroatoms. The highest BCUT2D eigenvalue weighted by molar-refractivity contribution is 5.85. The van der Waals surface area contributed by atoms with E-state index in [0.717, 1.165) is 5.56 Å². The van der Waals surface area contributed by atoms with Crippen molar-refractivity contribution in [3.05, 3.63) is 66.0 Å². The number of halogens is 1. The highest BCUT2D eigenvalue weighted by Gasteiger charge is 2.16. The van der Waals surface area contributed by atoms with Crippen LogP contribution in [0.3, 0.4) is 0 Å². The van der Waals surface area contributed by atoms with Gasteiger partial charge in [0.1, 0.15) is 11.6 Å². The fourth-order valence-electron chi connectivity index (χ4n) is 2.48. The molecule has 2 aromatic carbocycles. The molecule has 2 N–H and O–H groups in total. The summed E-state index contributed by atoms with van der Waals surface area (Å²) in [5, 5.41) is 5.26. The third kappa shape index (κ3) is 7.07. The summed E-state index contributed by atoms with van der Waals surface area (Å²) in [5.74, 6) is -0.452. The fourth-order valence-corrected chi connectivity index (χ4v) is 2.48. The Morgan fingerprint density at radius 3 is 2.44 bits per heavy atom. The van der Waals surface area contributed by atoms with Gasteiger partial charge in [0.05, 0.1) is 12.6 Å². The van der Waals surface area contributed by atoms with Crippen molar-refractivity contribution in [1.29, 1.82) is 0 Å². The van der Waals surface area contributed by atoms with Gasteiger partial charge in [-0.25, -0.2) is 4.39 Å². The lowest BCUT2D eigenvalue weighted by Crippen LogP contribution is -2.41. The van der Waals surface area contributed by atoms with E-state index in [2.05, 4.69) is 10.6 Å². The first-order chi connectivity index (χ1) is 13.0. The summed E-state index contributed by atoms with van der Waals surface area (Å²) in [6, 6.07) is 15.0. The summed E-state index contributed by atoms with van der Waals surface area (Å²) in [6.45, 7) is -0.0210. The number of rotatable bonds is 9. The fraction of sp³-hybridized carbons (Fsp3) is 0.300. The number of nitrogens with one attached hydrogen (secondary N) is 2. The van der Waals surface area contributed by atoms with Gasteiger partial charge in [-0.1, -0.05) is 30.3 Å². The molecule has 0 fully saturated rings. The standard InChI is InChI=1S/C20H24FN3O3/c1-24(2)18(15-7-6-8-16(21)11-15)12-22-19(25)13-23-20(26)14-27-17-9-4-3-5-10-17/h3-11,18H,12-14H2,1-2H3,(H,22,25)(H,23,26). The minimum absolute atomic E-state index is 0.152. The lowest BCUT2D eigenvalue weighted by Gasteiger charge is -2.25. The van der Waals surface area contributed by atoms with Crippen LogP contribution in [0.15, 0.2) is 54.6 Å². The number of likely N-dealkylation sites (N-methyl/N-ethyl adjacent to an activating group) is 1. The second-order valence-corrected chi connectivity index (χ2v) is 6.22. The van der Waals surface area contributed by atoms with Crippen LogP contribution in [0, 0.1) is 5.82 Å². The van der Waals surface area contributed by atoms with E-state index < -0.39 is 0 Å². The van der Waals surface area contributed by atoms with Crippen molar-refractivity contribution in [3.8, 4) is 5.75 Å². The van der Waals surface area contributed by atoms with Crippen LogP contribution in [0.5, 0.6) is 5.75 Å². The van der Waals surface area contributed by atoms with Gasteiger partial charge in [0.2, 0.25) is 5.91 Å². The summed E-state index contributed by atoms with van der Waals surface area (Å²) < 4.78 is 18.7. The van der Waals surface area contributed by atoms with Gasteiger partial charge >= 0.3 is 0 Å². The Balaban J connectivity index is 1.74. The van der Waals surface area contributed by atoms with Gasteiger partial charge in [-0.3, -0.25) is 9.59 Å². The zero-order valence-corrected chi connectivity index (χ0v) is 15.4. The summed E-state index contributed by atoms with van der Waals surface area (Å²) in [4.78, 5) is 25.6. The molecule has 1 atom stereocenters. The SMILES string of the molecule is CN(C)C(CNC(=O)CNC(=O)COc1ccccc1)c1cccc(F)c1. The van der Waals surface area contributed by atoms with Crippen LogP contribution in [0.1, 0.15) is 11.6 Å². The maximum absolute atomic E-state index is 13.4. The predicted octanol–water partition coefficient (Wildman–Crippen LogP) is 1.74. The molecule has 0 aliphatic rings. The summed E-state index contributed by atoms with van der Waals surface area (Å²) in [7, 11) is 3.70. The monoisotopic (exact) mass is 373 g/mol. The van der Waals surface area contributed by atoms with Crippen molar-refractivity contribution in [2.75, 3.05) is 33.8 Å². The number of ether oxygens (including phenoxy) is 1. The third-order valence-corrected chi connectivity index (χ3v) is 3.91. The highest BCUT2D eigenvalue weighted by atomic mass is 19.1. The molecule has 0 aliphatic heterocycles. The Morgan fingerprint density at radius 2 is 1.78 bits per heavy atom. The van der Waals surface area contributed by atoms with Gasteiger partial charge in [-0.05, 0) is 43.9 Å². The normalized spacial score (nSPS) is 11.7. The minimum atomic E-state index is -0.386. The molecule has 27 heavy (non-hydrogen) atoms. The van der Waals surface area contributed by atoms with Crippen LogP contribution >= 0.6 is 0 Å². The first-order valence-electron chi connectivity index (χ1n) is 8.59. The molecule has 0 saturated heterocycles. The number of nitrogens with zero attached hydrogens (tertiary/aromatic N) is 1. The predicted molar refractivity (Wildman–Crippen MR) is 101 cm³/mol. The van der Waals surface area contributed by atoms with E-state index in [1.807, 2.05) is 31.1 Å². The Hall–Kier alpha value is -2.93. The van der Waals surface area contributed by atoms with E-state index in [-0.39, 0.29) is 36.8 Å². The number of hydrogen-bond donors (Lipinski definition) is 2. The smallest absolute Gasteiger partial charge is 0.258 e. The van der Waals surface area contributed by atoms with E-state index in [1.54, 1.807) is 30.3 Å². The lowest BCUT2D eigenvalue weighted by molar-refractivity contribution is -0.127. The maximum atomic E-state index is 13.4. The van der Waals surface area contributed by atoms with Crippen LogP contribution in [-0.4, -0.2) is 50.5 Å². The molecule has 0 aromatic heterocycles. The molecule has 2 amide bonds. The van der Waals surface area contributed by atoms with Crippen molar-refractivity contribution in [3.63, 3.8) is 0 Å². The molecule has 0 aliphatic carbocycles. The summed E-state index contributed by atoms with van der Waals surface area (Å²) in [5.41, 5.74) is 0.764. The highest BCUT2D eigenvalue weighted by Crippen LogP contribution is 2.18. The van der Waals surface area contributed by atoms with E-state index >= 15 is 0 Å². The number of benzene rings is 2. The molecule has 6 nitrogen and oxygen atoms in total. The van der Waals surface area contributed by atoms with Crippen LogP contribution in [0.4, 0.5) is 4.39 Å². The Kier molecular flexibility index (Phi) is 7.76. The van der Waals surface area contributed by atoms with Crippen LogP contribution < -0.4 is 15.4 Å². The molecule has 2 aromatic rings. The Morgan fingerprint density at radius 1 is 1.04 bits per heavy atom. The van der Waals surface area contributed by atoms with Crippen LogP contribution in [0.25, 0.3) is 0 Å². The van der Waals surface area contributed by atoms with E-state index in [4.69, 9.17) is 4.74 Å². The average molecular weight is 373 g/mol. The molecule has 144 valence electrons. The molecular formula is C20H24FN3O3. The topological polar surface area (TPSA) is 70.7 Å². The maximum Gasteiger partial charge on any atom is 0.258 e. The molecule has 0 spiro atoms. The quantitative estimate of drug-likeness (QED) is 0.703. The van der Waals surface area contributed by atoms with E-state index in [0.29, 0.717) is 12.3 Å². The largest absolute Gasteiger partial charge is 0.484 e. The Bertz CT molecular complexity index is 753. The van der Waals surface area contributed by atoms with Gasteiger partial charge in [0.15, 0.2) is 6.61 Å². The first-order valence-corrected chi connectivity index (χ1v) is 8.59. The Labute approximate surface area is 158 Å². The van der Waals surface area contributed by atoms with E-state index in [1.165, 1.54) is 12.1 Å². The van der Waals surface area contributed by atoms with Crippen molar-refractivity contribution in [1.82, 2.24) is 15.5 Å². The van der Waals surface area contributed by atoms with Gasteiger partial charge in [0.25, 0.3) is 5.91 Å². The number of hydrogen-bond acceptors (Lipinski definition) is 4. The summed E-state index contributed by atoms with van der Waals surface area (Å²) >= 11 is 0. The van der Waals surface area contributed by atoms with E-state index in [9.17, 15) is 14.0 Å². The zero-order valence-electron chi connectivity index (χ0n) is 15.4. The van der Waals surface area contributed by atoms with Crippen molar-refractivity contribution in [2.24, 2.45) is 0 Å². The van der Waals surface area contributed by atoms with Crippen molar-refractivity contribution >= 4 is 11.8 Å². The second kappa shape index (κ2) is 10.3. The van der Waals surface area contributed by atoms with Crippen LogP contribution in [-0.2, 0) is 9.59 Å². The molecule has 0 heterocycles. The minimum Gasteiger partial charge on any atom is -0.484 e. The van der Waals surface area contributed by atoms with Gasteiger partial charge < -0.3 is 20.3 Å². The molecule has 1 unspecified atom stereocenters. The molecular weight excluding hydrogens is 349 g/mol. The van der Waals surface area contributed by atoms with Crippen LogP contribution in [0.2, 0.25) is 0 Å². The van der Waals surface area contributed by atoms with Crippen molar-refractivity contribution in [2.45, 2.75) is 6.04 Å². The first kappa shape index (κ1) is 20.4. The summed E-state index contributed by atoms with van der Waals surface area (Å²) in [6.07, 6.45) is 0. The van der Waals surface area contributed by atoms with Crippen molar-refractivity contribution < 1.29 is 18.7 Å². The molecule has 0 saturated carbocycles.